The number of hydrogen-bond donors (Lipinski definition) is 2. The molecule has 7 heteroatoms. The van der Waals surface area contributed by atoms with Gasteiger partial charge in [-0.05, 0) is 86.5 Å². The fourth-order valence-electron chi connectivity index (χ4n) is 3.67. The number of H-pyrrole nitrogens is 1. The fourth-order valence-corrected chi connectivity index (χ4v) is 4.48. The number of carbonyl (C=O) groups is 1. The van der Waals surface area contributed by atoms with E-state index in [0.717, 1.165) is 50.8 Å². The maximum absolute atomic E-state index is 13.0. The van der Waals surface area contributed by atoms with Gasteiger partial charge < -0.3 is 19.8 Å². The lowest BCUT2D eigenvalue weighted by molar-refractivity contribution is -0.115. The van der Waals surface area contributed by atoms with Gasteiger partial charge in [-0.15, -0.1) is 0 Å². The van der Waals surface area contributed by atoms with Crippen LogP contribution in [-0.4, -0.2) is 35.3 Å². The van der Waals surface area contributed by atoms with E-state index in [1.165, 1.54) is 11.8 Å². The summed E-state index contributed by atoms with van der Waals surface area (Å²) in [5.74, 6) is 1.49. The Bertz CT molecular complexity index is 1250. The highest BCUT2D eigenvalue weighted by Crippen LogP contribution is 2.35. The standard InChI is InChI=1S/C28H29N3O3S/c1-17-7-6-8-24(18(17)2)29-27(32)19(3)35-28-30-25(20-9-13-22(33-4)14-10-20)26(31-28)21-11-15-23(34-5)16-12-21/h6-16,19H,1-5H3,(H,29,32)(H,30,31). The SMILES string of the molecule is COc1ccc(-c2nc(SC(C)C(=O)Nc3cccc(C)c3C)[nH]c2-c2ccc(OC)cc2)cc1. The van der Waals surface area contributed by atoms with Crippen LogP contribution < -0.4 is 14.8 Å². The molecule has 0 aliphatic heterocycles. The van der Waals surface area contributed by atoms with E-state index in [4.69, 9.17) is 14.5 Å². The number of aromatic amines is 1. The summed E-state index contributed by atoms with van der Waals surface area (Å²) >= 11 is 1.39. The van der Waals surface area contributed by atoms with Crippen molar-refractivity contribution >= 4 is 23.4 Å². The molecule has 180 valence electrons. The van der Waals surface area contributed by atoms with Gasteiger partial charge in [-0.1, -0.05) is 23.9 Å². The minimum Gasteiger partial charge on any atom is -0.497 e. The first-order valence-corrected chi connectivity index (χ1v) is 12.2. The maximum Gasteiger partial charge on any atom is 0.237 e. The predicted molar refractivity (Wildman–Crippen MR) is 142 cm³/mol. The van der Waals surface area contributed by atoms with Crippen LogP contribution in [0.2, 0.25) is 0 Å². The summed E-state index contributed by atoms with van der Waals surface area (Å²) in [6.07, 6.45) is 0. The Morgan fingerprint density at radius 1 is 0.914 bits per heavy atom. The molecule has 0 fully saturated rings. The van der Waals surface area contributed by atoms with Crippen molar-refractivity contribution in [1.29, 1.82) is 0 Å². The molecule has 0 aliphatic rings. The number of imidazole rings is 1. The number of hydrogen-bond acceptors (Lipinski definition) is 5. The number of ether oxygens (including phenoxy) is 2. The number of carbonyl (C=O) groups excluding carboxylic acids is 1. The van der Waals surface area contributed by atoms with Crippen molar-refractivity contribution in [3.05, 3.63) is 77.9 Å². The third kappa shape index (κ3) is 5.52. The second-order valence-electron chi connectivity index (χ2n) is 8.22. The van der Waals surface area contributed by atoms with Gasteiger partial charge in [0.15, 0.2) is 5.16 Å². The Balaban J connectivity index is 1.62. The van der Waals surface area contributed by atoms with Gasteiger partial charge in [-0.2, -0.15) is 0 Å². The van der Waals surface area contributed by atoms with E-state index in [9.17, 15) is 4.79 Å². The third-order valence-electron chi connectivity index (χ3n) is 5.94. The number of rotatable bonds is 8. The van der Waals surface area contributed by atoms with Crippen LogP contribution in [0.5, 0.6) is 11.5 Å². The molecule has 1 amide bonds. The number of nitrogens with one attached hydrogen (secondary N) is 2. The molecule has 0 spiro atoms. The molecule has 0 aliphatic carbocycles. The topological polar surface area (TPSA) is 76.2 Å². The summed E-state index contributed by atoms with van der Waals surface area (Å²) < 4.78 is 10.6. The molecule has 1 heterocycles. The van der Waals surface area contributed by atoms with Crippen molar-refractivity contribution in [3.63, 3.8) is 0 Å². The van der Waals surface area contributed by atoms with Crippen molar-refractivity contribution in [2.24, 2.45) is 0 Å². The largest absolute Gasteiger partial charge is 0.497 e. The van der Waals surface area contributed by atoms with Crippen molar-refractivity contribution in [1.82, 2.24) is 9.97 Å². The van der Waals surface area contributed by atoms with Gasteiger partial charge in [-0.25, -0.2) is 4.98 Å². The lowest BCUT2D eigenvalue weighted by Crippen LogP contribution is -2.23. The van der Waals surface area contributed by atoms with Gasteiger partial charge in [0.2, 0.25) is 5.91 Å². The van der Waals surface area contributed by atoms with Crippen LogP contribution in [0.15, 0.2) is 71.9 Å². The van der Waals surface area contributed by atoms with Crippen molar-refractivity contribution in [3.8, 4) is 34.0 Å². The monoisotopic (exact) mass is 487 g/mol. The highest BCUT2D eigenvalue weighted by atomic mass is 32.2. The molecule has 3 aromatic carbocycles. The summed E-state index contributed by atoms with van der Waals surface area (Å²) in [6, 6.07) is 21.5. The molecule has 2 N–H and O–H groups in total. The molecule has 6 nitrogen and oxygen atoms in total. The molecule has 1 atom stereocenters. The number of methoxy groups -OCH3 is 2. The minimum atomic E-state index is -0.353. The van der Waals surface area contributed by atoms with Gasteiger partial charge >= 0.3 is 0 Å². The molecule has 1 aromatic heterocycles. The average molecular weight is 488 g/mol. The zero-order valence-corrected chi connectivity index (χ0v) is 21.3. The second-order valence-corrected chi connectivity index (χ2v) is 9.55. The molecule has 35 heavy (non-hydrogen) atoms. The number of thioether (sulfide) groups is 1. The lowest BCUT2D eigenvalue weighted by atomic mass is 10.0. The molecule has 0 saturated heterocycles. The predicted octanol–water partition coefficient (Wildman–Crippen LogP) is 6.50. The summed E-state index contributed by atoms with van der Waals surface area (Å²) in [4.78, 5) is 21.3. The zero-order chi connectivity index (χ0) is 24.9. The van der Waals surface area contributed by atoms with Crippen molar-refractivity contribution in [2.45, 2.75) is 31.2 Å². The summed E-state index contributed by atoms with van der Waals surface area (Å²) in [5, 5.41) is 3.37. The van der Waals surface area contributed by atoms with E-state index in [1.54, 1.807) is 14.2 Å². The molecule has 4 aromatic rings. The van der Waals surface area contributed by atoms with Crippen molar-refractivity contribution in [2.75, 3.05) is 19.5 Å². The minimum absolute atomic E-state index is 0.0721. The number of aryl methyl sites for hydroxylation is 1. The first-order valence-electron chi connectivity index (χ1n) is 11.3. The molecule has 0 bridgehead atoms. The molecule has 4 rings (SSSR count). The molecular weight excluding hydrogens is 458 g/mol. The number of aromatic nitrogens is 2. The molecule has 0 radical (unpaired) electrons. The normalized spacial score (nSPS) is 11.7. The quantitative estimate of drug-likeness (QED) is 0.278. The molecule has 0 saturated carbocycles. The van der Waals surface area contributed by atoms with Crippen LogP contribution in [0.4, 0.5) is 5.69 Å². The van der Waals surface area contributed by atoms with Crippen LogP contribution in [0, 0.1) is 13.8 Å². The maximum atomic E-state index is 13.0. The highest BCUT2D eigenvalue weighted by molar-refractivity contribution is 8.00. The summed E-state index contributed by atoms with van der Waals surface area (Å²) in [5.41, 5.74) is 6.65. The van der Waals surface area contributed by atoms with E-state index >= 15 is 0 Å². The fraction of sp³-hybridized carbons (Fsp3) is 0.214. The third-order valence-corrected chi connectivity index (χ3v) is 6.93. The van der Waals surface area contributed by atoms with Gasteiger partial charge in [-0.3, -0.25) is 4.79 Å². The number of nitrogens with zero attached hydrogens (tertiary/aromatic N) is 1. The van der Waals surface area contributed by atoms with Gasteiger partial charge in [0, 0.05) is 16.8 Å². The van der Waals surface area contributed by atoms with Gasteiger partial charge in [0.1, 0.15) is 11.5 Å². The van der Waals surface area contributed by atoms with Crippen molar-refractivity contribution < 1.29 is 14.3 Å². The molecule has 1 unspecified atom stereocenters. The van der Waals surface area contributed by atoms with E-state index in [1.807, 2.05) is 87.5 Å². The Kier molecular flexibility index (Phi) is 7.46. The first-order chi connectivity index (χ1) is 16.9. The van der Waals surface area contributed by atoms with Crippen LogP contribution in [0.3, 0.4) is 0 Å². The number of anilines is 1. The Morgan fingerprint density at radius 3 is 2.11 bits per heavy atom. The van der Waals surface area contributed by atoms with Crippen LogP contribution in [0.25, 0.3) is 22.5 Å². The van der Waals surface area contributed by atoms with Gasteiger partial charge in [0.25, 0.3) is 0 Å². The zero-order valence-electron chi connectivity index (χ0n) is 20.5. The number of amides is 1. The Hall–Kier alpha value is -3.71. The van der Waals surface area contributed by atoms with E-state index in [0.29, 0.717) is 5.16 Å². The average Bonchev–Trinajstić information content (AvgIpc) is 3.30. The van der Waals surface area contributed by atoms with E-state index in [-0.39, 0.29) is 11.2 Å². The Morgan fingerprint density at radius 2 is 1.51 bits per heavy atom. The van der Waals surface area contributed by atoms with Crippen LogP contribution in [-0.2, 0) is 4.79 Å². The lowest BCUT2D eigenvalue weighted by Gasteiger charge is -2.13. The van der Waals surface area contributed by atoms with Crippen LogP contribution in [0.1, 0.15) is 18.1 Å². The smallest absolute Gasteiger partial charge is 0.237 e. The van der Waals surface area contributed by atoms with Gasteiger partial charge in [0.05, 0.1) is 30.9 Å². The first kappa shape index (κ1) is 24.4. The Labute approximate surface area is 210 Å². The summed E-state index contributed by atoms with van der Waals surface area (Å²) in [6.45, 7) is 5.93. The highest BCUT2D eigenvalue weighted by Gasteiger charge is 2.21. The second kappa shape index (κ2) is 10.7. The molecular formula is C28H29N3O3S. The number of benzene rings is 3. The van der Waals surface area contributed by atoms with E-state index in [2.05, 4.69) is 10.3 Å². The summed E-state index contributed by atoms with van der Waals surface area (Å²) in [7, 11) is 3.29. The van der Waals surface area contributed by atoms with E-state index < -0.39 is 0 Å². The van der Waals surface area contributed by atoms with Crippen LogP contribution >= 0.6 is 11.8 Å².